The van der Waals surface area contributed by atoms with Crippen LogP contribution in [0, 0.1) is 5.82 Å². The topological polar surface area (TPSA) is 30.7 Å². The number of nitrogens with zero attached hydrogens (tertiary/aromatic N) is 3. The molecule has 21 heavy (non-hydrogen) atoms. The molecule has 0 fully saturated rings. The van der Waals surface area contributed by atoms with Crippen LogP contribution in [0.4, 0.5) is 4.39 Å². The maximum absolute atomic E-state index is 14.0. The minimum atomic E-state index is -0.449. The summed E-state index contributed by atoms with van der Waals surface area (Å²) in [6.07, 6.45) is 1.77. The Morgan fingerprint density at radius 1 is 1.38 bits per heavy atom. The fourth-order valence-corrected chi connectivity index (χ4v) is 3.46. The van der Waals surface area contributed by atoms with Gasteiger partial charge in [0.15, 0.2) is 5.82 Å². The quantitative estimate of drug-likeness (QED) is 0.653. The van der Waals surface area contributed by atoms with Crippen LogP contribution < -0.4 is 0 Å². The highest BCUT2D eigenvalue weighted by atomic mass is 35.5. The predicted molar refractivity (Wildman–Crippen MR) is 84.5 cm³/mol. The van der Waals surface area contributed by atoms with Crippen molar-refractivity contribution in [1.29, 1.82) is 0 Å². The number of benzene rings is 1. The molecule has 0 aliphatic carbocycles. The number of alkyl halides is 1. The molecule has 1 unspecified atom stereocenters. The summed E-state index contributed by atoms with van der Waals surface area (Å²) in [6, 6.07) is 4.97. The van der Waals surface area contributed by atoms with Crippen molar-refractivity contribution in [2.24, 2.45) is 0 Å². The summed E-state index contributed by atoms with van der Waals surface area (Å²) in [5.74, 6) is 0.316. The van der Waals surface area contributed by atoms with Crippen LogP contribution in [0.25, 0.3) is 11.0 Å². The van der Waals surface area contributed by atoms with Crippen molar-refractivity contribution in [3.63, 3.8) is 0 Å². The van der Waals surface area contributed by atoms with E-state index in [9.17, 15) is 4.39 Å². The third-order valence-electron chi connectivity index (χ3n) is 3.53. The van der Waals surface area contributed by atoms with Crippen LogP contribution >= 0.6 is 22.9 Å². The Bertz CT molecular complexity index is 778. The van der Waals surface area contributed by atoms with Crippen molar-refractivity contribution >= 4 is 34.0 Å². The number of para-hydroxylation sites is 1. The van der Waals surface area contributed by atoms with E-state index < -0.39 is 5.54 Å². The van der Waals surface area contributed by atoms with Crippen LogP contribution in [0.5, 0.6) is 0 Å². The Labute approximate surface area is 131 Å². The zero-order chi connectivity index (χ0) is 15.2. The number of hydrogen-bond acceptors (Lipinski definition) is 3. The lowest BCUT2D eigenvalue weighted by molar-refractivity contribution is 0.429. The van der Waals surface area contributed by atoms with Crippen LogP contribution in [0.1, 0.15) is 37.0 Å². The van der Waals surface area contributed by atoms with Gasteiger partial charge in [-0.2, -0.15) is 0 Å². The molecule has 0 radical (unpaired) electrons. The molecule has 3 rings (SSSR count). The Morgan fingerprint density at radius 3 is 2.76 bits per heavy atom. The fraction of sp³-hybridized carbons (Fsp3) is 0.333. The Kier molecular flexibility index (Phi) is 3.50. The summed E-state index contributed by atoms with van der Waals surface area (Å²) < 4.78 is 16.0. The fourth-order valence-electron chi connectivity index (χ4n) is 2.56. The van der Waals surface area contributed by atoms with Crippen LogP contribution in [-0.4, -0.2) is 14.5 Å². The SMILES string of the molecule is CC(Cl)c1nc2c(F)cccc2n1C(C)(C)c1nccs1. The molecule has 3 aromatic rings. The highest BCUT2D eigenvalue weighted by molar-refractivity contribution is 7.09. The van der Waals surface area contributed by atoms with E-state index in [4.69, 9.17) is 11.6 Å². The van der Waals surface area contributed by atoms with Gasteiger partial charge in [-0.3, -0.25) is 0 Å². The Hall–Kier alpha value is -1.46. The average Bonchev–Trinajstić information content (AvgIpc) is 3.07. The second-order valence-corrected chi connectivity index (χ2v) is 6.97. The second-order valence-electron chi connectivity index (χ2n) is 5.43. The molecule has 0 N–H and O–H groups in total. The monoisotopic (exact) mass is 323 g/mol. The van der Waals surface area contributed by atoms with Crippen LogP contribution in [-0.2, 0) is 5.54 Å². The van der Waals surface area contributed by atoms with Crippen molar-refractivity contribution in [1.82, 2.24) is 14.5 Å². The minimum absolute atomic E-state index is 0.323. The van der Waals surface area contributed by atoms with Crippen molar-refractivity contribution in [3.8, 4) is 0 Å². The van der Waals surface area contributed by atoms with Gasteiger partial charge in [0.05, 0.1) is 16.4 Å². The van der Waals surface area contributed by atoms with Gasteiger partial charge in [-0.15, -0.1) is 22.9 Å². The van der Waals surface area contributed by atoms with E-state index in [1.807, 2.05) is 36.8 Å². The molecular formula is C15H15ClFN3S. The van der Waals surface area contributed by atoms with E-state index >= 15 is 0 Å². The van der Waals surface area contributed by atoms with Crippen LogP contribution in [0.2, 0.25) is 0 Å². The molecule has 6 heteroatoms. The summed E-state index contributed by atoms with van der Waals surface area (Å²) in [4.78, 5) is 8.83. The van der Waals surface area contributed by atoms with E-state index in [-0.39, 0.29) is 11.2 Å². The van der Waals surface area contributed by atoms with Gasteiger partial charge in [-0.05, 0) is 32.9 Å². The summed E-state index contributed by atoms with van der Waals surface area (Å²) in [5, 5.41) is 2.54. The molecule has 110 valence electrons. The molecule has 0 aliphatic rings. The third kappa shape index (κ3) is 2.24. The van der Waals surface area contributed by atoms with Gasteiger partial charge in [0.2, 0.25) is 0 Å². The Morgan fingerprint density at radius 2 is 2.14 bits per heavy atom. The molecule has 2 heterocycles. The van der Waals surface area contributed by atoms with E-state index in [0.29, 0.717) is 11.3 Å². The van der Waals surface area contributed by atoms with E-state index in [2.05, 4.69) is 9.97 Å². The number of imidazole rings is 1. The number of rotatable bonds is 3. The molecule has 0 saturated heterocycles. The lowest BCUT2D eigenvalue weighted by Gasteiger charge is -2.28. The van der Waals surface area contributed by atoms with Gasteiger partial charge in [0, 0.05) is 11.6 Å². The van der Waals surface area contributed by atoms with Gasteiger partial charge in [-0.1, -0.05) is 6.07 Å². The lowest BCUT2D eigenvalue weighted by atomic mass is 10.1. The van der Waals surface area contributed by atoms with Gasteiger partial charge in [0.1, 0.15) is 16.3 Å². The summed E-state index contributed by atoms with van der Waals surface area (Å²) in [7, 11) is 0. The third-order valence-corrected chi connectivity index (χ3v) is 4.81. The first kappa shape index (κ1) is 14.5. The smallest absolute Gasteiger partial charge is 0.151 e. The first-order chi connectivity index (χ1) is 9.93. The minimum Gasteiger partial charge on any atom is -0.314 e. The summed E-state index contributed by atoms with van der Waals surface area (Å²) in [6.45, 7) is 5.93. The lowest BCUT2D eigenvalue weighted by Crippen LogP contribution is -2.29. The molecule has 0 aliphatic heterocycles. The van der Waals surface area contributed by atoms with Crippen LogP contribution in [0.15, 0.2) is 29.8 Å². The zero-order valence-corrected chi connectivity index (χ0v) is 13.5. The van der Waals surface area contributed by atoms with E-state index in [1.54, 1.807) is 23.6 Å². The zero-order valence-electron chi connectivity index (χ0n) is 12.0. The van der Waals surface area contributed by atoms with Gasteiger partial charge >= 0.3 is 0 Å². The first-order valence-electron chi connectivity index (χ1n) is 6.64. The maximum atomic E-state index is 14.0. The number of halogens is 2. The summed E-state index contributed by atoms with van der Waals surface area (Å²) in [5.41, 5.74) is 0.636. The highest BCUT2D eigenvalue weighted by Crippen LogP contribution is 2.36. The molecule has 1 aromatic carbocycles. The molecule has 1 atom stereocenters. The van der Waals surface area contributed by atoms with Crippen molar-refractivity contribution in [3.05, 3.63) is 46.4 Å². The maximum Gasteiger partial charge on any atom is 0.151 e. The number of hydrogen-bond donors (Lipinski definition) is 0. The molecule has 0 amide bonds. The normalized spacial score (nSPS) is 13.8. The summed E-state index contributed by atoms with van der Waals surface area (Å²) >= 11 is 7.84. The van der Waals surface area contributed by atoms with Crippen LogP contribution in [0.3, 0.4) is 0 Å². The number of thiazole rings is 1. The largest absolute Gasteiger partial charge is 0.314 e. The van der Waals surface area contributed by atoms with Crippen molar-refractivity contribution < 1.29 is 4.39 Å². The van der Waals surface area contributed by atoms with E-state index in [1.165, 1.54) is 6.07 Å². The van der Waals surface area contributed by atoms with Crippen molar-refractivity contribution in [2.75, 3.05) is 0 Å². The second kappa shape index (κ2) is 5.07. The average molecular weight is 324 g/mol. The molecule has 0 spiro atoms. The van der Waals surface area contributed by atoms with Gasteiger partial charge in [0.25, 0.3) is 0 Å². The molecule has 0 bridgehead atoms. The van der Waals surface area contributed by atoms with Gasteiger partial charge in [-0.25, -0.2) is 14.4 Å². The molecular weight excluding hydrogens is 309 g/mol. The van der Waals surface area contributed by atoms with Gasteiger partial charge < -0.3 is 4.57 Å². The van der Waals surface area contributed by atoms with Crippen molar-refractivity contribution in [2.45, 2.75) is 31.7 Å². The molecule has 2 aromatic heterocycles. The highest BCUT2D eigenvalue weighted by Gasteiger charge is 2.32. The first-order valence-corrected chi connectivity index (χ1v) is 7.96. The number of fused-ring (bicyclic) bond motifs is 1. The van der Waals surface area contributed by atoms with E-state index in [0.717, 1.165) is 10.5 Å². The number of aromatic nitrogens is 3. The standard InChI is InChI=1S/C15H15ClFN3S/c1-9(16)13-19-12-10(17)5-4-6-11(12)20(13)15(2,3)14-18-7-8-21-14/h4-9H,1-3H3. The Balaban J connectivity index is 2.35. The molecule has 3 nitrogen and oxygen atoms in total. The molecule has 0 saturated carbocycles. The predicted octanol–water partition coefficient (Wildman–Crippen LogP) is 4.72.